The summed E-state index contributed by atoms with van der Waals surface area (Å²) in [6.07, 6.45) is 2.24. The molecule has 0 spiro atoms. The lowest BCUT2D eigenvalue weighted by Gasteiger charge is -2.26. The molecule has 2 aromatic rings. The smallest absolute Gasteiger partial charge is 0.214 e. The van der Waals surface area contributed by atoms with E-state index in [4.69, 9.17) is 11.6 Å². The second-order valence-corrected chi connectivity index (χ2v) is 8.31. The molecule has 1 aromatic heterocycles. The Morgan fingerprint density at radius 1 is 1.30 bits per heavy atom. The molecule has 2 heterocycles. The van der Waals surface area contributed by atoms with Crippen LogP contribution in [0.15, 0.2) is 24.3 Å². The van der Waals surface area contributed by atoms with Gasteiger partial charge in [0.15, 0.2) is 0 Å². The second kappa shape index (κ2) is 6.63. The van der Waals surface area contributed by atoms with E-state index >= 15 is 0 Å². The molecule has 23 heavy (non-hydrogen) atoms. The quantitative estimate of drug-likeness (QED) is 0.897. The topological polar surface area (TPSA) is 66.1 Å². The van der Waals surface area contributed by atoms with Crippen molar-refractivity contribution < 1.29 is 8.42 Å². The van der Waals surface area contributed by atoms with Crippen molar-refractivity contribution in [3.05, 3.63) is 40.5 Å². The Morgan fingerprint density at radius 3 is 2.74 bits per heavy atom. The molecule has 1 aliphatic rings. The largest absolute Gasteiger partial charge is 0.282 e. The lowest BCUT2D eigenvalue weighted by molar-refractivity contribution is 0.389. The van der Waals surface area contributed by atoms with Gasteiger partial charge in [0.25, 0.3) is 0 Å². The van der Waals surface area contributed by atoms with Crippen molar-refractivity contribution in [2.24, 2.45) is 0 Å². The van der Waals surface area contributed by atoms with Crippen LogP contribution >= 0.6 is 11.6 Å². The van der Waals surface area contributed by atoms with Gasteiger partial charge in [-0.3, -0.25) is 5.10 Å². The van der Waals surface area contributed by atoms with Crippen molar-refractivity contribution in [2.45, 2.75) is 32.7 Å². The highest BCUT2D eigenvalue weighted by molar-refractivity contribution is 7.89. The third-order valence-corrected chi connectivity index (χ3v) is 6.32. The Morgan fingerprint density at radius 2 is 2.04 bits per heavy atom. The zero-order chi connectivity index (χ0) is 16.4. The molecule has 0 saturated heterocycles. The highest BCUT2D eigenvalue weighted by Gasteiger charge is 2.29. The highest BCUT2D eigenvalue weighted by atomic mass is 35.5. The number of unbranched alkanes of at least 4 members (excludes halogenated alkanes) is 1. The van der Waals surface area contributed by atoms with E-state index < -0.39 is 10.0 Å². The fourth-order valence-electron chi connectivity index (χ4n) is 2.81. The maximum absolute atomic E-state index is 12.4. The zero-order valence-electron chi connectivity index (χ0n) is 13.0. The van der Waals surface area contributed by atoms with E-state index in [0.717, 1.165) is 28.9 Å². The summed E-state index contributed by atoms with van der Waals surface area (Å²) in [7, 11) is -3.20. The van der Waals surface area contributed by atoms with Crippen LogP contribution in [0.1, 0.15) is 31.0 Å². The molecule has 1 N–H and O–H groups in total. The summed E-state index contributed by atoms with van der Waals surface area (Å²) >= 11 is 5.93. The van der Waals surface area contributed by atoms with Crippen LogP contribution in [0, 0.1) is 0 Å². The third-order valence-electron chi connectivity index (χ3n) is 4.17. The number of aromatic amines is 1. The van der Waals surface area contributed by atoms with Gasteiger partial charge >= 0.3 is 0 Å². The highest BCUT2D eigenvalue weighted by Crippen LogP contribution is 2.30. The van der Waals surface area contributed by atoms with E-state index in [1.165, 1.54) is 0 Å². The van der Waals surface area contributed by atoms with Crippen molar-refractivity contribution in [1.82, 2.24) is 14.5 Å². The number of aromatic nitrogens is 2. The Kier molecular flexibility index (Phi) is 4.75. The number of nitrogens with one attached hydrogen (secondary N) is 1. The molecule has 0 fully saturated rings. The van der Waals surface area contributed by atoms with Gasteiger partial charge in [0.05, 0.1) is 11.4 Å². The van der Waals surface area contributed by atoms with Crippen LogP contribution in [-0.4, -0.2) is 35.2 Å². The van der Waals surface area contributed by atoms with Gasteiger partial charge in [0.2, 0.25) is 10.0 Å². The molecule has 0 atom stereocenters. The third kappa shape index (κ3) is 3.44. The number of hydrogen-bond acceptors (Lipinski definition) is 3. The van der Waals surface area contributed by atoms with Crippen molar-refractivity contribution in [1.29, 1.82) is 0 Å². The van der Waals surface area contributed by atoms with Crippen LogP contribution in [0.5, 0.6) is 0 Å². The van der Waals surface area contributed by atoms with Crippen LogP contribution in [0.4, 0.5) is 0 Å². The summed E-state index contributed by atoms with van der Waals surface area (Å²) in [6, 6.07) is 7.44. The molecular weight excluding hydrogens is 334 g/mol. The standard InChI is InChI=1S/C16H20ClN3O2S/c1-2-3-10-23(21,22)20-9-8-15-14(11-20)16(19-18-15)12-4-6-13(17)7-5-12/h4-7H,2-3,8-11H2,1H3,(H,18,19). The van der Waals surface area contributed by atoms with Gasteiger partial charge in [-0.05, 0) is 18.6 Å². The molecule has 0 saturated carbocycles. The van der Waals surface area contributed by atoms with Gasteiger partial charge in [-0.2, -0.15) is 9.40 Å². The summed E-state index contributed by atoms with van der Waals surface area (Å²) in [5.74, 6) is 0.215. The maximum Gasteiger partial charge on any atom is 0.214 e. The van der Waals surface area contributed by atoms with E-state index in [1.54, 1.807) is 4.31 Å². The zero-order valence-corrected chi connectivity index (χ0v) is 14.6. The van der Waals surface area contributed by atoms with E-state index in [-0.39, 0.29) is 5.75 Å². The maximum atomic E-state index is 12.4. The number of rotatable bonds is 5. The number of hydrogen-bond donors (Lipinski definition) is 1. The first-order valence-electron chi connectivity index (χ1n) is 7.81. The van der Waals surface area contributed by atoms with Crippen molar-refractivity contribution in [2.75, 3.05) is 12.3 Å². The van der Waals surface area contributed by atoms with Gasteiger partial charge in [-0.25, -0.2) is 8.42 Å². The summed E-state index contributed by atoms with van der Waals surface area (Å²) in [4.78, 5) is 0. The molecule has 0 bridgehead atoms. The molecule has 7 heteroatoms. The molecule has 5 nitrogen and oxygen atoms in total. The fraction of sp³-hybridized carbons (Fsp3) is 0.438. The normalized spacial score (nSPS) is 15.6. The summed E-state index contributed by atoms with van der Waals surface area (Å²) < 4.78 is 26.5. The van der Waals surface area contributed by atoms with Crippen molar-refractivity contribution >= 4 is 21.6 Å². The van der Waals surface area contributed by atoms with Crippen LogP contribution in [0.25, 0.3) is 11.3 Å². The van der Waals surface area contributed by atoms with Gasteiger partial charge < -0.3 is 0 Å². The van der Waals surface area contributed by atoms with Crippen LogP contribution in [-0.2, 0) is 23.0 Å². The van der Waals surface area contributed by atoms with Gasteiger partial charge in [-0.1, -0.05) is 37.1 Å². The summed E-state index contributed by atoms with van der Waals surface area (Å²) in [5.41, 5.74) is 3.75. The molecule has 0 radical (unpaired) electrons. The van der Waals surface area contributed by atoms with Crippen LogP contribution < -0.4 is 0 Å². The molecule has 3 rings (SSSR count). The predicted molar refractivity (Wildman–Crippen MR) is 91.8 cm³/mol. The van der Waals surface area contributed by atoms with Crippen LogP contribution in [0.3, 0.4) is 0 Å². The van der Waals surface area contributed by atoms with E-state index in [9.17, 15) is 8.42 Å². The number of sulfonamides is 1. The Hall–Kier alpha value is -1.37. The van der Waals surface area contributed by atoms with E-state index in [2.05, 4.69) is 10.2 Å². The Balaban J connectivity index is 1.88. The predicted octanol–water partition coefficient (Wildman–Crippen LogP) is 3.22. The van der Waals surface area contributed by atoms with Crippen LogP contribution in [0.2, 0.25) is 5.02 Å². The minimum atomic E-state index is -3.20. The summed E-state index contributed by atoms with van der Waals surface area (Å²) in [6.45, 7) is 2.90. The molecule has 0 unspecified atom stereocenters. The second-order valence-electron chi connectivity index (χ2n) is 5.79. The Bertz CT molecular complexity index is 784. The SMILES string of the molecule is CCCCS(=O)(=O)N1CCc2[nH]nc(-c3ccc(Cl)cc3)c2C1. The number of fused-ring (bicyclic) bond motifs is 1. The first-order valence-corrected chi connectivity index (χ1v) is 9.80. The first kappa shape index (κ1) is 16.5. The molecule has 124 valence electrons. The summed E-state index contributed by atoms with van der Waals surface area (Å²) in [5, 5.41) is 8.11. The number of halogens is 1. The van der Waals surface area contributed by atoms with E-state index in [1.807, 2.05) is 31.2 Å². The molecule has 0 amide bonds. The number of nitrogens with zero attached hydrogens (tertiary/aromatic N) is 2. The van der Waals surface area contributed by atoms with Gasteiger partial charge in [0, 0.05) is 41.4 Å². The first-order chi connectivity index (χ1) is 11.0. The van der Waals surface area contributed by atoms with Crippen molar-refractivity contribution in [3.8, 4) is 11.3 Å². The van der Waals surface area contributed by atoms with Gasteiger partial charge in [0.1, 0.15) is 0 Å². The fourth-order valence-corrected chi connectivity index (χ4v) is 4.54. The van der Waals surface area contributed by atoms with E-state index in [0.29, 0.717) is 31.0 Å². The molecular formula is C16H20ClN3O2S. The average Bonchev–Trinajstić information content (AvgIpc) is 2.97. The lowest BCUT2D eigenvalue weighted by Crippen LogP contribution is -2.37. The van der Waals surface area contributed by atoms with Gasteiger partial charge in [-0.15, -0.1) is 0 Å². The lowest BCUT2D eigenvalue weighted by atomic mass is 10.0. The number of benzene rings is 1. The average molecular weight is 354 g/mol. The monoisotopic (exact) mass is 353 g/mol. The molecule has 1 aliphatic heterocycles. The number of H-pyrrole nitrogens is 1. The van der Waals surface area contributed by atoms with Crippen molar-refractivity contribution in [3.63, 3.8) is 0 Å². The minimum absolute atomic E-state index is 0.215. The minimum Gasteiger partial charge on any atom is -0.282 e. The Labute approximate surface area is 141 Å². The molecule has 1 aromatic carbocycles. The molecule has 0 aliphatic carbocycles.